The number of thiazole rings is 1. The summed E-state index contributed by atoms with van der Waals surface area (Å²) >= 11 is 1.68. The first-order valence-electron chi connectivity index (χ1n) is 7.63. The SMILES string of the molecule is Cc1ccc2nc(-c3ccc(NC(=O)CCCN)cc3)sc2c1. The van der Waals surface area contributed by atoms with Gasteiger partial charge in [-0.25, -0.2) is 4.98 Å². The summed E-state index contributed by atoms with van der Waals surface area (Å²) in [5.74, 6) is -0.00124. The van der Waals surface area contributed by atoms with Gasteiger partial charge in [-0.15, -0.1) is 11.3 Å². The van der Waals surface area contributed by atoms with Crippen LogP contribution >= 0.6 is 11.3 Å². The second-order valence-corrected chi connectivity index (χ2v) is 6.54. The zero-order valence-corrected chi connectivity index (χ0v) is 13.8. The van der Waals surface area contributed by atoms with Crippen molar-refractivity contribution in [2.24, 2.45) is 5.73 Å². The minimum atomic E-state index is -0.00124. The van der Waals surface area contributed by atoms with Gasteiger partial charge in [0.05, 0.1) is 10.2 Å². The van der Waals surface area contributed by atoms with E-state index >= 15 is 0 Å². The van der Waals surface area contributed by atoms with Crippen molar-refractivity contribution in [3.05, 3.63) is 48.0 Å². The van der Waals surface area contributed by atoms with Crippen molar-refractivity contribution < 1.29 is 4.79 Å². The predicted octanol–water partition coefficient (Wildman–Crippen LogP) is 3.95. The average Bonchev–Trinajstić information content (AvgIpc) is 2.96. The Kier molecular flexibility index (Phi) is 4.69. The standard InChI is InChI=1S/C18H19N3OS/c1-12-4-9-15-16(11-12)23-18(21-15)13-5-7-14(8-6-13)20-17(22)3-2-10-19/h4-9,11H,2-3,10,19H2,1H3,(H,20,22). The van der Waals surface area contributed by atoms with Crippen LogP contribution in [0.3, 0.4) is 0 Å². The van der Waals surface area contributed by atoms with Gasteiger partial charge in [-0.05, 0) is 61.9 Å². The molecule has 3 aromatic rings. The highest BCUT2D eigenvalue weighted by Gasteiger charge is 2.07. The average molecular weight is 325 g/mol. The molecule has 0 spiro atoms. The monoisotopic (exact) mass is 325 g/mol. The Hall–Kier alpha value is -2.24. The van der Waals surface area contributed by atoms with E-state index in [0.29, 0.717) is 19.4 Å². The number of nitrogens with zero attached hydrogens (tertiary/aromatic N) is 1. The first kappa shape index (κ1) is 15.6. The number of nitrogens with one attached hydrogen (secondary N) is 1. The molecule has 23 heavy (non-hydrogen) atoms. The van der Waals surface area contributed by atoms with Crippen LogP contribution in [0.25, 0.3) is 20.8 Å². The Morgan fingerprint density at radius 2 is 2.00 bits per heavy atom. The van der Waals surface area contributed by atoms with Gasteiger partial charge in [-0.3, -0.25) is 4.79 Å². The fourth-order valence-corrected chi connectivity index (χ4v) is 3.41. The Morgan fingerprint density at radius 1 is 1.22 bits per heavy atom. The molecule has 0 bridgehead atoms. The summed E-state index contributed by atoms with van der Waals surface area (Å²) < 4.78 is 1.19. The summed E-state index contributed by atoms with van der Waals surface area (Å²) in [6.45, 7) is 2.62. The van der Waals surface area contributed by atoms with Crippen LogP contribution in [0.4, 0.5) is 5.69 Å². The van der Waals surface area contributed by atoms with Crippen LogP contribution in [-0.2, 0) is 4.79 Å². The van der Waals surface area contributed by atoms with E-state index < -0.39 is 0 Å². The molecule has 5 heteroatoms. The smallest absolute Gasteiger partial charge is 0.224 e. The lowest BCUT2D eigenvalue weighted by Crippen LogP contribution is -2.13. The molecule has 0 unspecified atom stereocenters. The van der Waals surface area contributed by atoms with Crippen LogP contribution in [0, 0.1) is 6.92 Å². The molecule has 1 heterocycles. The van der Waals surface area contributed by atoms with Crippen molar-refractivity contribution in [3.63, 3.8) is 0 Å². The maximum Gasteiger partial charge on any atom is 0.224 e. The molecule has 0 atom stereocenters. The van der Waals surface area contributed by atoms with Crippen LogP contribution in [0.15, 0.2) is 42.5 Å². The number of amides is 1. The van der Waals surface area contributed by atoms with Crippen molar-refractivity contribution in [2.45, 2.75) is 19.8 Å². The molecule has 4 nitrogen and oxygen atoms in total. The van der Waals surface area contributed by atoms with E-state index in [1.807, 2.05) is 24.3 Å². The van der Waals surface area contributed by atoms with Crippen molar-refractivity contribution in [3.8, 4) is 10.6 Å². The molecule has 1 aromatic heterocycles. The minimum absolute atomic E-state index is 0.00124. The number of anilines is 1. The molecule has 0 aliphatic rings. The molecule has 0 saturated heterocycles. The van der Waals surface area contributed by atoms with Gasteiger partial charge in [0, 0.05) is 17.7 Å². The van der Waals surface area contributed by atoms with E-state index in [0.717, 1.165) is 21.8 Å². The molecule has 1 amide bonds. The van der Waals surface area contributed by atoms with E-state index in [2.05, 4.69) is 35.4 Å². The normalized spacial score (nSPS) is 10.9. The molecule has 0 fully saturated rings. The molecular weight excluding hydrogens is 306 g/mol. The first-order valence-corrected chi connectivity index (χ1v) is 8.45. The van der Waals surface area contributed by atoms with Crippen LogP contribution in [-0.4, -0.2) is 17.4 Å². The number of hydrogen-bond donors (Lipinski definition) is 2. The van der Waals surface area contributed by atoms with E-state index in [-0.39, 0.29) is 5.91 Å². The number of carbonyl (C=O) groups is 1. The number of nitrogens with two attached hydrogens (primary N) is 1. The highest BCUT2D eigenvalue weighted by Crippen LogP contribution is 2.31. The van der Waals surface area contributed by atoms with Gasteiger partial charge in [0.15, 0.2) is 0 Å². The summed E-state index contributed by atoms with van der Waals surface area (Å²) in [7, 11) is 0. The predicted molar refractivity (Wildman–Crippen MR) is 96.7 cm³/mol. The number of aryl methyl sites for hydroxylation is 1. The molecular formula is C18H19N3OS. The maximum absolute atomic E-state index is 11.7. The molecule has 3 N–H and O–H groups in total. The molecule has 0 aliphatic carbocycles. The van der Waals surface area contributed by atoms with Crippen molar-refractivity contribution in [1.29, 1.82) is 0 Å². The summed E-state index contributed by atoms with van der Waals surface area (Å²) in [4.78, 5) is 16.4. The molecule has 3 rings (SSSR count). The largest absolute Gasteiger partial charge is 0.330 e. The summed E-state index contributed by atoms with van der Waals surface area (Å²) in [6.07, 6.45) is 1.16. The molecule has 2 aromatic carbocycles. The lowest BCUT2D eigenvalue weighted by Gasteiger charge is -2.05. The molecule has 0 aliphatic heterocycles. The van der Waals surface area contributed by atoms with Crippen LogP contribution in [0.5, 0.6) is 0 Å². The number of carbonyl (C=O) groups excluding carboxylic acids is 1. The Morgan fingerprint density at radius 3 is 2.74 bits per heavy atom. The van der Waals surface area contributed by atoms with Gasteiger partial charge < -0.3 is 11.1 Å². The van der Waals surface area contributed by atoms with E-state index in [9.17, 15) is 4.79 Å². The van der Waals surface area contributed by atoms with E-state index in [1.165, 1.54) is 10.3 Å². The number of rotatable bonds is 5. The zero-order valence-electron chi connectivity index (χ0n) is 13.0. The van der Waals surface area contributed by atoms with Gasteiger partial charge in [-0.1, -0.05) is 6.07 Å². The summed E-state index contributed by atoms with van der Waals surface area (Å²) in [5.41, 5.74) is 9.53. The van der Waals surface area contributed by atoms with Crippen LogP contribution in [0.2, 0.25) is 0 Å². The minimum Gasteiger partial charge on any atom is -0.330 e. The highest BCUT2D eigenvalue weighted by molar-refractivity contribution is 7.21. The highest BCUT2D eigenvalue weighted by atomic mass is 32.1. The van der Waals surface area contributed by atoms with E-state index in [1.54, 1.807) is 11.3 Å². The lowest BCUT2D eigenvalue weighted by molar-refractivity contribution is -0.116. The number of benzene rings is 2. The van der Waals surface area contributed by atoms with Crippen LogP contribution < -0.4 is 11.1 Å². The number of aromatic nitrogens is 1. The first-order chi connectivity index (χ1) is 11.2. The van der Waals surface area contributed by atoms with Gasteiger partial charge in [-0.2, -0.15) is 0 Å². The molecule has 0 saturated carbocycles. The Bertz CT molecular complexity index is 824. The Balaban J connectivity index is 1.76. The topological polar surface area (TPSA) is 68.0 Å². The zero-order chi connectivity index (χ0) is 16.2. The number of fused-ring (bicyclic) bond motifs is 1. The summed E-state index contributed by atoms with van der Waals surface area (Å²) in [5, 5.41) is 3.87. The van der Waals surface area contributed by atoms with Crippen molar-refractivity contribution in [1.82, 2.24) is 4.98 Å². The fourth-order valence-electron chi connectivity index (χ4n) is 2.34. The third kappa shape index (κ3) is 3.75. The van der Waals surface area contributed by atoms with Gasteiger partial charge >= 0.3 is 0 Å². The second-order valence-electron chi connectivity index (χ2n) is 5.51. The van der Waals surface area contributed by atoms with E-state index in [4.69, 9.17) is 5.73 Å². The maximum atomic E-state index is 11.7. The molecule has 118 valence electrons. The van der Waals surface area contributed by atoms with Gasteiger partial charge in [0.25, 0.3) is 0 Å². The van der Waals surface area contributed by atoms with Crippen LogP contribution in [0.1, 0.15) is 18.4 Å². The Labute approximate surface area is 139 Å². The second kappa shape index (κ2) is 6.89. The quantitative estimate of drug-likeness (QED) is 0.746. The lowest BCUT2D eigenvalue weighted by atomic mass is 10.2. The third-order valence-electron chi connectivity index (χ3n) is 3.57. The van der Waals surface area contributed by atoms with Crippen molar-refractivity contribution >= 4 is 33.1 Å². The molecule has 0 radical (unpaired) electrons. The van der Waals surface area contributed by atoms with Gasteiger partial charge in [0.2, 0.25) is 5.91 Å². The fraction of sp³-hybridized carbons (Fsp3) is 0.222. The summed E-state index contributed by atoms with van der Waals surface area (Å²) in [6, 6.07) is 14.1. The third-order valence-corrected chi connectivity index (χ3v) is 4.63. The van der Waals surface area contributed by atoms with Crippen molar-refractivity contribution in [2.75, 3.05) is 11.9 Å². The van der Waals surface area contributed by atoms with Gasteiger partial charge in [0.1, 0.15) is 5.01 Å². The number of hydrogen-bond acceptors (Lipinski definition) is 4.